The number of esters is 1. The Kier molecular flexibility index (Phi) is 4.97. The lowest BCUT2D eigenvalue weighted by Crippen LogP contribution is -2.29. The number of hydrogen-bond acceptors (Lipinski definition) is 3. The molecule has 3 nitrogen and oxygen atoms in total. The molecule has 1 aromatic carbocycles. The molecule has 0 heterocycles. The Morgan fingerprint density at radius 2 is 2.16 bits per heavy atom. The predicted octanol–water partition coefficient (Wildman–Crippen LogP) is 3.14. The van der Waals surface area contributed by atoms with Crippen molar-refractivity contribution >= 4 is 5.97 Å². The third-order valence-corrected chi connectivity index (χ3v) is 3.81. The maximum Gasteiger partial charge on any atom is 0.338 e. The third-order valence-electron chi connectivity index (χ3n) is 3.81. The summed E-state index contributed by atoms with van der Waals surface area (Å²) >= 11 is 0. The lowest BCUT2D eigenvalue weighted by Gasteiger charge is -2.17. The highest BCUT2D eigenvalue weighted by molar-refractivity contribution is 5.90. The molecule has 0 radical (unpaired) electrons. The molecule has 1 fully saturated rings. The molecule has 2 rings (SSSR count). The minimum atomic E-state index is -0.257. The lowest BCUT2D eigenvalue weighted by molar-refractivity contribution is 0.0599. The second-order valence-corrected chi connectivity index (χ2v) is 5.31. The van der Waals surface area contributed by atoms with Gasteiger partial charge in [-0.2, -0.15) is 0 Å². The topological polar surface area (TPSA) is 38.3 Å². The molecule has 1 unspecified atom stereocenters. The minimum absolute atomic E-state index is 0.257. The SMILES string of the molecule is CCC(CC1CC1)NCc1ccccc1C(=O)OC. The van der Waals surface area contributed by atoms with Gasteiger partial charge < -0.3 is 10.1 Å². The van der Waals surface area contributed by atoms with Crippen LogP contribution in [0.1, 0.15) is 48.5 Å². The molecule has 1 aromatic rings. The Hall–Kier alpha value is -1.35. The average Bonchev–Trinajstić information content (AvgIpc) is 3.26. The van der Waals surface area contributed by atoms with Crippen LogP contribution in [0.15, 0.2) is 24.3 Å². The van der Waals surface area contributed by atoms with E-state index in [1.807, 2.05) is 24.3 Å². The Labute approximate surface area is 115 Å². The van der Waals surface area contributed by atoms with Crippen molar-refractivity contribution < 1.29 is 9.53 Å². The fraction of sp³-hybridized carbons (Fsp3) is 0.562. The normalized spacial score (nSPS) is 16.1. The zero-order valence-electron chi connectivity index (χ0n) is 11.8. The van der Waals surface area contributed by atoms with Gasteiger partial charge >= 0.3 is 5.97 Å². The minimum Gasteiger partial charge on any atom is -0.465 e. The number of carbonyl (C=O) groups is 1. The number of hydrogen-bond donors (Lipinski definition) is 1. The number of benzene rings is 1. The van der Waals surface area contributed by atoms with E-state index in [1.165, 1.54) is 26.4 Å². The summed E-state index contributed by atoms with van der Waals surface area (Å²) in [6.07, 6.45) is 5.17. The zero-order valence-corrected chi connectivity index (χ0v) is 11.8. The molecule has 0 aromatic heterocycles. The van der Waals surface area contributed by atoms with Gasteiger partial charge in [0.1, 0.15) is 0 Å². The van der Waals surface area contributed by atoms with Crippen molar-refractivity contribution in [2.75, 3.05) is 7.11 Å². The summed E-state index contributed by atoms with van der Waals surface area (Å²) < 4.78 is 4.82. The van der Waals surface area contributed by atoms with Gasteiger partial charge in [0.05, 0.1) is 12.7 Å². The number of carbonyl (C=O) groups excluding carboxylic acids is 1. The van der Waals surface area contributed by atoms with Crippen LogP contribution in [-0.2, 0) is 11.3 Å². The van der Waals surface area contributed by atoms with Crippen molar-refractivity contribution in [2.45, 2.75) is 45.2 Å². The first-order valence-electron chi connectivity index (χ1n) is 7.14. The maximum atomic E-state index is 11.7. The average molecular weight is 261 g/mol. The number of nitrogens with one attached hydrogen (secondary N) is 1. The monoisotopic (exact) mass is 261 g/mol. The van der Waals surface area contributed by atoms with E-state index in [4.69, 9.17) is 4.74 Å². The van der Waals surface area contributed by atoms with E-state index in [0.29, 0.717) is 11.6 Å². The van der Waals surface area contributed by atoms with Gasteiger partial charge in [-0.3, -0.25) is 0 Å². The second kappa shape index (κ2) is 6.71. The molecule has 3 heteroatoms. The Morgan fingerprint density at radius 3 is 2.79 bits per heavy atom. The fourth-order valence-corrected chi connectivity index (χ4v) is 2.39. The third kappa shape index (κ3) is 4.06. The van der Waals surface area contributed by atoms with Crippen molar-refractivity contribution in [1.82, 2.24) is 5.32 Å². The van der Waals surface area contributed by atoms with Crippen LogP contribution < -0.4 is 5.32 Å². The summed E-state index contributed by atoms with van der Waals surface area (Å²) in [6, 6.07) is 8.20. The Balaban J connectivity index is 1.95. The fourth-order valence-electron chi connectivity index (χ4n) is 2.39. The Bertz CT molecular complexity index is 427. The molecule has 1 aliphatic rings. The maximum absolute atomic E-state index is 11.7. The van der Waals surface area contributed by atoms with Crippen LogP contribution in [0.4, 0.5) is 0 Å². The van der Waals surface area contributed by atoms with Crippen LogP contribution >= 0.6 is 0 Å². The van der Waals surface area contributed by atoms with Crippen LogP contribution in [0.25, 0.3) is 0 Å². The van der Waals surface area contributed by atoms with E-state index in [1.54, 1.807) is 0 Å². The summed E-state index contributed by atoms with van der Waals surface area (Å²) in [5, 5.41) is 3.57. The lowest BCUT2D eigenvalue weighted by atomic mass is 10.0. The highest BCUT2D eigenvalue weighted by Gasteiger charge is 2.24. The molecule has 0 saturated heterocycles. The predicted molar refractivity (Wildman–Crippen MR) is 76.0 cm³/mol. The van der Waals surface area contributed by atoms with Gasteiger partial charge in [0.15, 0.2) is 0 Å². The van der Waals surface area contributed by atoms with Crippen LogP contribution in [0.3, 0.4) is 0 Å². The smallest absolute Gasteiger partial charge is 0.338 e. The van der Waals surface area contributed by atoms with Crippen LogP contribution in [0.5, 0.6) is 0 Å². The quantitative estimate of drug-likeness (QED) is 0.766. The van der Waals surface area contributed by atoms with Crippen molar-refractivity contribution in [3.05, 3.63) is 35.4 Å². The van der Waals surface area contributed by atoms with E-state index in [2.05, 4.69) is 12.2 Å². The molecule has 0 amide bonds. The highest BCUT2D eigenvalue weighted by atomic mass is 16.5. The van der Waals surface area contributed by atoms with Crippen LogP contribution in [0.2, 0.25) is 0 Å². The van der Waals surface area contributed by atoms with Gasteiger partial charge in [-0.15, -0.1) is 0 Å². The summed E-state index contributed by atoms with van der Waals surface area (Å²) in [5.41, 5.74) is 1.68. The first-order valence-corrected chi connectivity index (χ1v) is 7.14. The van der Waals surface area contributed by atoms with Gasteiger partial charge in [0, 0.05) is 12.6 Å². The molecule has 1 aliphatic carbocycles. The summed E-state index contributed by atoms with van der Waals surface area (Å²) in [7, 11) is 1.43. The number of ether oxygens (including phenoxy) is 1. The number of methoxy groups -OCH3 is 1. The van der Waals surface area contributed by atoms with Crippen molar-refractivity contribution in [2.24, 2.45) is 5.92 Å². The van der Waals surface area contributed by atoms with Crippen molar-refractivity contribution in [3.63, 3.8) is 0 Å². The van der Waals surface area contributed by atoms with Gasteiger partial charge in [0.2, 0.25) is 0 Å². The number of rotatable bonds is 7. The molecule has 1 N–H and O–H groups in total. The molecule has 0 bridgehead atoms. The highest BCUT2D eigenvalue weighted by Crippen LogP contribution is 2.34. The largest absolute Gasteiger partial charge is 0.465 e. The van der Waals surface area contributed by atoms with Crippen LogP contribution in [-0.4, -0.2) is 19.1 Å². The molecular formula is C16H23NO2. The summed E-state index contributed by atoms with van der Waals surface area (Å²) in [4.78, 5) is 11.7. The van der Waals surface area contributed by atoms with E-state index in [9.17, 15) is 4.79 Å². The van der Waals surface area contributed by atoms with Crippen LogP contribution in [0, 0.1) is 5.92 Å². The van der Waals surface area contributed by atoms with E-state index in [-0.39, 0.29) is 5.97 Å². The van der Waals surface area contributed by atoms with E-state index >= 15 is 0 Å². The summed E-state index contributed by atoms with van der Waals surface area (Å²) in [6.45, 7) is 2.95. The molecular weight excluding hydrogens is 238 g/mol. The second-order valence-electron chi connectivity index (χ2n) is 5.31. The van der Waals surface area contributed by atoms with Gasteiger partial charge in [0.25, 0.3) is 0 Å². The molecule has 1 saturated carbocycles. The van der Waals surface area contributed by atoms with Crippen molar-refractivity contribution in [1.29, 1.82) is 0 Å². The summed E-state index contributed by atoms with van der Waals surface area (Å²) in [5.74, 6) is 0.668. The molecule has 1 atom stereocenters. The van der Waals surface area contributed by atoms with E-state index in [0.717, 1.165) is 24.4 Å². The molecule has 19 heavy (non-hydrogen) atoms. The van der Waals surface area contributed by atoms with E-state index < -0.39 is 0 Å². The first kappa shape index (κ1) is 14.1. The first-order chi connectivity index (χ1) is 9.24. The van der Waals surface area contributed by atoms with Crippen molar-refractivity contribution in [3.8, 4) is 0 Å². The van der Waals surface area contributed by atoms with Gasteiger partial charge in [-0.1, -0.05) is 38.0 Å². The van der Waals surface area contributed by atoms with Gasteiger partial charge in [-0.25, -0.2) is 4.79 Å². The molecule has 0 spiro atoms. The standard InChI is InChI=1S/C16H23NO2/c1-3-14(10-12-8-9-12)17-11-13-6-4-5-7-15(13)16(18)19-2/h4-7,12,14,17H,3,8-11H2,1-2H3. The molecule has 104 valence electrons. The molecule has 0 aliphatic heterocycles. The van der Waals surface area contributed by atoms with Gasteiger partial charge in [-0.05, 0) is 30.4 Å². The Morgan fingerprint density at radius 1 is 1.42 bits per heavy atom. The zero-order chi connectivity index (χ0) is 13.7.